The molecule has 0 unspecified atom stereocenters. The molecule has 1 aliphatic rings. The molecule has 25 heavy (non-hydrogen) atoms. The van der Waals surface area contributed by atoms with Gasteiger partial charge in [0.15, 0.2) is 0 Å². The molecule has 1 aliphatic heterocycles. The number of rotatable bonds is 7. The smallest absolute Gasteiger partial charge is 0.253 e. The van der Waals surface area contributed by atoms with Crippen LogP contribution in [0.3, 0.4) is 0 Å². The molecule has 1 amide bonds. The molecular formula is C16H26ClN3O4S. The van der Waals surface area contributed by atoms with Crippen LogP contribution in [0, 0.1) is 0 Å². The molecule has 1 aromatic carbocycles. The summed E-state index contributed by atoms with van der Waals surface area (Å²) >= 11 is 0. The van der Waals surface area contributed by atoms with E-state index in [1.54, 1.807) is 17.0 Å². The minimum Gasteiger partial charge on any atom is -0.383 e. The summed E-state index contributed by atoms with van der Waals surface area (Å²) in [5, 5.41) is 3.22. The number of carbonyl (C=O) groups is 1. The highest BCUT2D eigenvalue weighted by molar-refractivity contribution is 7.89. The van der Waals surface area contributed by atoms with Crippen LogP contribution in [0.25, 0.3) is 0 Å². The predicted octanol–water partition coefficient (Wildman–Crippen LogP) is 0.857. The summed E-state index contributed by atoms with van der Waals surface area (Å²) in [6, 6.07) is 6.60. The summed E-state index contributed by atoms with van der Waals surface area (Å²) in [5.74, 6) is -0.126. The van der Waals surface area contributed by atoms with Crippen LogP contribution < -0.4 is 10.0 Å². The van der Waals surface area contributed by atoms with Gasteiger partial charge in [-0.05, 0) is 38.1 Å². The van der Waals surface area contributed by atoms with Gasteiger partial charge in [0.2, 0.25) is 10.0 Å². The maximum absolute atomic E-state index is 12.6. The Labute approximate surface area is 155 Å². The number of nitrogens with zero attached hydrogens (tertiary/aromatic N) is 1. The van der Waals surface area contributed by atoms with Gasteiger partial charge in [0.05, 0.1) is 11.5 Å². The second kappa shape index (κ2) is 10.1. The molecule has 0 aliphatic carbocycles. The van der Waals surface area contributed by atoms with E-state index in [1.165, 1.54) is 19.2 Å². The molecule has 9 heteroatoms. The normalized spacial score (nSPS) is 15.7. The van der Waals surface area contributed by atoms with Gasteiger partial charge >= 0.3 is 0 Å². The van der Waals surface area contributed by atoms with Gasteiger partial charge in [0.1, 0.15) is 0 Å². The summed E-state index contributed by atoms with van der Waals surface area (Å²) in [6.45, 7) is 1.83. The Bertz CT molecular complexity index is 661. The Morgan fingerprint density at radius 1 is 1.32 bits per heavy atom. The number of piperidine rings is 1. The third-order valence-electron chi connectivity index (χ3n) is 4.18. The van der Waals surface area contributed by atoms with E-state index >= 15 is 0 Å². The maximum atomic E-state index is 12.6. The first kappa shape index (κ1) is 21.9. The minimum absolute atomic E-state index is 0. The molecule has 1 heterocycles. The van der Waals surface area contributed by atoms with Crippen molar-refractivity contribution >= 4 is 28.3 Å². The highest BCUT2D eigenvalue weighted by Gasteiger charge is 2.24. The highest BCUT2D eigenvalue weighted by atomic mass is 35.5. The second-order valence-corrected chi connectivity index (χ2v) is 7.54. The van der Waals surface area contributed by atoms with Crippen LogP contribution in [0.4, 0.5) is 0 Å². The molecule has 0 saturated carbocycles. The number of sulfonamides is 1. The molecule has 1 aromatic rings. The molecule has 0 bridgehead atoms. The molecule has 2 N–H and O–H groups in total. The number of amides is 1. The van der Waals surface area contributed by atoms with Crippen molar-refractivity contribution in [3.05, 3.63) is 29.8 Å². The first-order valence-corrected chi connectivity index (χ1v) is 9.51. The zero-order valence-electron chi connectivity index (χ0n) is 14.5. The fourth-order valence-electron chi connectivity index (χ4n) is 2.71. The Kier molecular flexibility index (Phi) is 8.81. The number of likely N-dealkylation sites (tertiary alicyclic amines) is 1. The molecule has 1 fully saturated rings. The van der Waals surface area contributed by atoms with E-state index < -0.39 is 10.0 Å². The topological polar surface area (TPSA) is 87.7 Å². The highest BCUT2D eigenvalue weighted by Crippen LogP contribution is 2.17. The fraction of sp³-hybridized carbons (Fsp3) is 0.562. The van der Waals surface area contributed by atoms with E-state index in [0.717, 1.165) is 12.8 Å². The van der Waals surface area contributed by atoms with Crippen molar-refractivity contribution in [3.63, 3.8) is 0 Å². The van der Waals surface area contributed by atoms with Crippen LogP contribution in [0.2, 0.25) is 0 Å². The lowest BCUT2D eigenvalue weighted by atomic mass is 10.0. The van der Waals surface area contributed by atoms with E-state index in [0.29, 0.717) is 24.7 Å². The van der Waals surface area contributed by atoms with Crippen molar-refractivity contribution in [2.45, 2.75) is 23.8 Å². The first-order valence-electron chi connectivity index (χ1n) is 8.03. The zero-order chi connectivity index (χ0) is 17.6. The molecule has 7 nitrogen and oxygen atoms in total. The van der Waals surface area contributed by atoms with Gasteiger partial charge < -0.3 is 15.0 Å². The molecule has 0 spiro atoms. The number of benzene rings is 1. The van der Waals surface area contributed by atoms with E-state index in [2.05, 4.69) is 10.0 Å². The Morgan fingerprint density at radius 3 is 2.60 bits per heavy atom. The maximum Gasteiger partial charge on any atom is 0.253 e. The number of methoxy groups -OCH3 is 1. The summed E-state index contributed by atoms with van der Waals surface area (Å²) in [4.78, 5) is 14.5. The Balaban J connectivity index is 0.00000312. The van der Waals surface area contributed by atoms with Crippen LogP contribution in [0.1, 0.15) is 23.2 Å². The molecule has 0 atom stereocenters. The average Bonchev–Trinajstić information content (AvgIpc) is 2.61. The van der Waals surface area contributed by atoms with Gasteiger partial charge in [0, 0.05) is 38.3 Å². The van der Waals surface area contributed by atoms with Crippen LogP contribution in [-0.2, 0) is 14.8 Å². The van der Waals surface area contributed by atoms with Gasteiger partial charge in [-0.3, -0.25) is 4.79 Å². The first-order chi connectivity index (χ1) is 11.5. The van der Waals surface area contributed by atoms with Crippen molar-refractivity contribution in [3.8, 4) is 0 Å². The largest absolute Gasteiger partial charge is 0.383 e. The second-order valence-electron chi connectivity index (χ2n) is 5.77. The summed E-state index contributed by atoms with van der Waals surface area (Å²) in [5.41, 5.74) is 0.396. The third-order valence-corrected chi connectivity index (χ3v) is 5.64. The van der Waals surface area contributed by atoms with Gasteiger partial charge in [-0.15, -0.1) is 12.4 Å². The Hall–Kier alpha value is -1.19. The molecule has 0 radical (unpaired) electrons. The fourth-order valence-corrected chi connectivity index (χ4v) is 3.77. The molecule has 0 aromatic heterocycles. The molecule has 1 saturated heterocycles. The predicted molar refractivity (Wildman–Crippen MR) is 98.7 cm³/mol. The summed E-state index contributed by atoms with van der Waals surface area (Å²) < 4.78 is 31.8. The quantitative estimate of drug-likeness (QED) is 0.673. The lowest BCUT2D eigenvalue weighted by molar-refractivity contribution is 0.0707. The zero-order valence-corrected chi connectivity index (χ0v) is 16.2. The van der Waals surface area contributed by atoms with Crippen LogP contribution in [0.15, 0.2) is 29.2 Å². The van der Waals surface area contributed by atoms with Gasteiger partial charge in [-0.1, -0.05) is 6.07 Å². The van der Waals surface area contributed by atoms with E-state index in [1.807, 2.05) is 7.05 Å². The lowest BCUT2D eigenvalue weighted by Crippen LogP contribution is -2.44. The van der Waals surface area contributed by atoms with Gasteiger partial charge in [-0.25, -0.2) is 13.1 Å². The standard InChI is InChI=1S/C16H25N3O4S.ClH/c1-17-14-6-9-19(10-7-14)16(20)13-4-3-5-15(12-13)24(21,22)18-8-11-23-2;/h3-5,12,14,17-18H,6-11H2,1-2H3;1H. The van der Waals surface area contributed by atoms with Gasteiger partial charge in [-0.2, -0.15) is 0 Å². The number of hydrogen-bond acceptors (Lipinski definition) is 5. The Morgan fingerprint density at radius 2 is 2.00 bits per heavy atom. The average molecular weight is 392 g/mol. The SMILES string of the molecule is CNC1CCN(C(=O)c2cccc(S(=O)(=O)NCCOC)c2)CC1.Cl. The molecule has 2 rings (SSSR count). The van der Waals surface area contributed by atoms with Crippen molar-refractivity contribution in [2.24, 2.45) is 0 Å². The number of carbonyl (C=O) groups excluding carboxylic acids is 1. The minimum atomic E-state index is -3.64. The van der Waals surface area contributed by atoms with E-state index in [9.17, 15) is 13.2 Å². The summed E-state index contributed by atoms with van der Waals surface area (Å²) in [7, 11) is -0.214. The van der Waals surface area contributed by atoms with E-state index in [-0.39, 0.29) is 36.4 Å². The number of halogens is 1. The third kappa shape index (κ3) is 5.93. The van der Waals surface area contributed by atoms with Crippen molar-refractivity contribution in [1.29, 1.82) is 0 Å². The van der Waals surface area contributed by atoms with Gasteiger partial charge in [0.25, 0.3) is 5.91 Å². The van der Waals surface area contributed by atoms with Crippen LogP contribution in [0.5, 0.6) is 0 Å². The molecule has 142 valence electrons. The van der Waals surface area contributed by atoms with Crippen LogP contribution >= 0.6 is 12.4 Å². The van der Waals surface area contributed by atoms with Crippen molar-refractivity contribution in [2.75, 3.05) is 40.4 Å². The monoisotopic (exact) mass is 391 g/mol. The molecular weight excluding hydrogens is 366 g/mol. The number of hydrogen-bond donors (Lipinski definition) is 2. The number of nitrogens with one attached hydrogen (secondary N) is 2. The van der Waals surface area contributed by atoms with Crippen LogP contribution in [-0.4, -0.2) is 65.7 Å². The number of ether oxygens (including phenoxy) is 1. The van der Waals surface area contributed by atoms with Crippen molar-refractivity contribution in [1.82, 2.24) is 14.9 Å². The van der Waals surface area contributed by atoms with E-state index in [4.69, 9.17) is 4.74 Å². The van der Waals surface area contributed by atoms with Crippen molar-refractivity contribution < 1.29 is 17.9 Å². The lowest BCUT2D eigenvalue weighted by Gasteiger charge is -2.31. The summed E-state index contributed by atoms with van der Waals surface area (Å²) in [6.07, 6.45) is 1.80.